The Labute approximate surface area is 66.8 Å². The van der Waals surface area contributed by atoms with E-state index in [-0.39, 0.29) is 0 Å². The lowest BCUT2D eigenvalue weighted by Crippen LogP contribution is -2.13. The third kappa shape index (κ3) is 4.69. The van der Waals surface area contributed by atoms with Crippen molar-refractivity contribution in [1.82, 2.24) is 0 Å². The Balaban J connectivity index is 4.65. The SMILES string of the molecule is FC(CC(F)(F)F)=C(F)C(F)(F)F. The molecule has 0 nitrogen and oxygen atoms in total. The topological polar surface area (TPSA) is 0 Å². The summed E-state index contributed by atoms with van der Waals surface area (Å²) < 4.78 is 91.0. The second-order valence-electron chi connectivity index (χ2n) is 2.01. The lowest BCUT2D eigenvalue weighted by atomic mass is 10.3. The second kappa shape index (κ2) is 3.51. The standard InChI is InChI=1S/C5H2F8/c6-2(1-4(8,9)10)3(7)5(11,12)13/h1H2. The van der Waals surface area contributed by atoms with Crippen molar-refractivity contribution in [2.75, 3.05) is 0 Å². The van der Waals surface area contributed by atoms with E-state index in [4.69, 9.17) is 0 Å². The molecule has 0 aromatic heterocycles. The van der Waals surface area contributed by atoms with Crippen LogP contribution in [-0.2, 0) is 0 Å². The molecular formula is C5H2F8. The third-order valence-corrected chi connectivity index (χ3v) is 0.843. The Kier molecular flexibility index (Phi) is 3.28. The molecule has 0 unspecified atom stereocenters. The molecule has 0 aliphatic carbocycles. The molecule has 0 amide bonds. The van der Waals surface area contributed by atoms with Crippen LogP contribution < -0.4 is 0 Å². The first-order chi connectivity index (χ1) is 5.54. The molecule has 0 aliphatic rings. The van der Waals surface area contributed by atoms with Gasteiger partial charge in [0.05, 0.1) is 6.42 Å². The Morgan fingerprint density at radius 2 is 1.23 bits per heavy atom. The van der Waals surface area contributed by atoms with Gasteiger partial charge in [-0.25, -0.2) is 4.39 Å². The van der Waals surface area contributed by atoms with Crippen molar-refractivity contribution < 1.29 is 35.1 Å². The molecule has 78 valence electrons. The van der Waals surface area contributed by atoms with Gasteiger partial charge in [0, 0.05) is 0 Å². The van der Waals surface area contributed by atoms with Gasteiger partial charge in [0.15, 0.2) is 0 Å². The van der Waals surface area contributed by atoms with Gasteiger partial charge in [0.1, 0.15) is 5.83 Å². The molecule has 0 aromatic rings. The van der Waals surface area contributed by atoms with Gasteiger partial charge in [-0.1, -0.05) is 0 Å². The molecule has 0 N–H and O–H groups in total. The quantitative estimate of drug-likeness (QED) is 0.584. The maximum Gasteiger partial charge on any atom is 0.445 e. The first-order valence-corrected chi connectivity index (χ1v) is 2.72. The molecule has 8 heteroatoms. The van der Waals surface area contributed by atoms with Crippen LogP contribution >= 0.6 is 0 Å². The molecule has 0 atom stereocenters. The molecule has 0 saturated heterocycles. The number of rotatable bonds is 1. The van der Waals surface area contributed by atoms with Crippen molar-refractivity contribution in [1.29, 1.82) is 0 Å². The summed E-state index contributed by atoms with van der Waals surface area (Å²) in [7, 11) is 0. The fourth-order valence-corrected chi connectivity index (χ4v) is 0.407. The van der Waals surface area contributed by atoms with Crippen LogP contribution in [0.25, 0.3) is 0 Å². The lowest BCUT2D eigenvalue weighted by molar-refractivity contribution is -0.135. The van der Waals surface area contributed by atoms with Crippen molar-refractivity contribution in [2.45, 2.75) is 18.8 Å². The summed E-state index contributed by atoms with van der Waals surface area (Å²) in [6.45, 7) is 0. The first-order valence-electron chi connectivity index (χ1n) is 2.72. The van der Waals surface area contributed by atoms with Gasteiger partial charge >= 0.3 is 12.4 Å². The van der Waals surface area contributed by atoms with E-state index in [0.29, 0.717) is 0 Å². The van der Waals surface area contributed by atoms with E-state index < -0.39 is 30.4 Å². The highest BCUT2D eigenvalue weighted by atomic mass is 19.4. The Hall–Kier alpha value is -0.820. The third-order valence-electron chi connectivity index (χ3n) is 0.843. The molecule has 0 aliphatic heterocycles. The average molecular weight is 214 g/mol. The summed E-state index contributed by atoms with van der Waals surface area (Å²) in [6, 6.07) is 0. The monoisotopic (exact) mass is 214 g/mol. The predicted molar refractivity (Wildman–Crippen MR) is 26.0 cm³/mol. The summed E-state index contributed by atoms with van der Waals surface area (Å²) in [4.78, 5) is 0. The van der Waals surface area contributed by atoms with Crippen molar-refractivity contribution in [3.63, 3.8) is 0 Å². The highest BCUT2D eigenvalue weighted by Crippen LogP contribution is 2.34. The fourth-order valence-electron chi connectivity index (χ4n) is 0.407. The van der Waals surface area contributed by atoms with Crippen molar-refractivity contribution >= 4 is 0 Å². The van der Waals surface area contributed by atoms with Crippen LogP contribution in [0.1, 0.15) is 6.42 Å². The molecule has 0 spiro atoms. The summed E-state index contributed by atoms with van der Waals surface area (Å²) in [5, 5.41) is 0. The molecule has 0 saturated carbocycles. The summed E-state index contributed by atoms with van der Waals surface area (Å²) in [5.74, 6) is -6.20. The van der Waals surface area contributed by atoms with Gasteiger partial charge in [-0.2, -0.15) is 30.7 Å². The largest absolute Gasteiger partial charge is 0.445 e. The zero-order valence-corrected chi connectivity index (χ0v) is 5.73. The van der Waals surface area contributed by atoms with E-state index in [9.17, 15) is 35.1 Å². The first kappa shape index (κ1) is 12.2. The summed E-state index contributed by atoms with van der Waals surface area (Å²) >= 11 is 0. The van der Waals surface area contributed by atoms with E-state index in [1.807, 2.05) is 0 Å². The molecule has 0 aromatic carbocycles. The summed E-state index contributed by atoms with van der Waals surface area (Å²) in [6.07, 6.45) is -13.5. The molecule has 0 fully saturated rings. The minimum atomic E-state index is -5.71. The van der Waals surface area contributed by atoms with E-state index in [0.717, 1.165) is 0 Å². The number of hydrogen-bond acceptors (Lipinski definition) is 0. The number of hydrogen-bond donors (Lipinski definition) is 0. The summed E-state index contributed by atoms with van der Waals surface area (Å²) in [5.41, 5.74) is 0. The van der Waals surface area contributed by atoms with E-state index in [2.05, 4.69) is 0 Å². The van der Waals surface area contributed by atoms with Gasteiger partial charge < -0.3 is 0 Å². The van der Waals surface area contributed by atoms with Gasteiger partial charge in [0.25, 0.3) is 0 Å². The van der Waals surface area contributed by atoms with Crippen LogP contribution in [0.2, 0.25) is 0 Å². The minimum absolute atomic E-state index is 2.56. The predicted octanol–water partition coefficient (Wildman–Crippen LogP) is 3.65. The van der Waals surface area contributed by atoms with E-state index in [1.165, 1.54) is 0 Å². The zero-order chi connectivity index (χ0) is 10.9. The van der Waals surface area contributed by atoms with E-state index in [1.54, 1.807) is 0 Å². The molecule has 0 radical (unpaired) electrons. The minimum Gasteiger partial charge on any atom is -0.208 e. The highest BCUT2D eigenvalue weighted by molar-refractivity contribution is 5.06. The molecule has 0 heterocycles. The van der Waals surface area contributed by atoms with Gasteiger partial charge in [0.2, 0.25) is 5.83 Å². The molecule has 13 heavy (non-hydrogen) atoms. The maximum atomic E-state index is 11.9. The Bertz CT molecular complexity index is 206. The van der Waals surface area contributed by atoms with Gasteiger partial charge in [-0.05, 0) is 0 Å². The van der Waals surface area contributed by atoms with Crippen LogP contribution in [0, 0.1) is 0 Å². The normalized spacial score (nSPS) is 15.7. The molecule has 0 bridgehead atoms. The highest BCUT2D eigenvalue weighted by Gasteiger charge is 2.41. The number of allylic oxidation sites excluding steroid dienone is 2. The van der Waals surface area contributed by atoms with Crippen LogP contribution in [0.5, 0.6) is 0 Å². The smallest absolute Gasteiger partial charge is 0.208 e. The maximum absolute atomic E-state index is 11.9. The lowest BCUT2D eigenvalue weighted by Gasteiger charge is -2.07. The second-order valence-corrected chi connectivity index (χ2v) is 2.01. The Morgan fingerprint density at radius 1 is 0.846 bits per heavy atom. The number of halogens is 8. The fraction of sp³-hybridized carbons (Fsp3) is 0.600. The van der Waals surface area contributed by atoms with E-state index >= 15 is 0 Å². The van der Waals surface area contributed by atoms with Gasteiger partial charge in [-0.15, -0.1) is 0 Å². The van der Waals surface area contributed by atoms with Crippen LogP contribution in [0.15, 0.2) is 11.7 Å². The molecule has 0 rings (SSSR count). The Morgan fingerprint density at radius 3 is 1.46 bits per heavy atom. The average Bonchev–Trinajstić information content (AvgIpc) is 1.79. The van der Waals surface area contributed by atoms with Crippen LogP contribution in [-0.4, -0.2) is 12.4 Å². The van der Waals surface area contributed by atoms with Crippen molar-refractivity contribution in [2.24, 2.45) is 0 Å². The van der Waals surface area contributed by atoms with Crippen molar-refractivity contribution in [3.8, 4) is 0 Å². The van der Waals surface area contributed by atoms with Gasteiger partial charge in [-0.3, -0.25) is 0 Å². The van der Waals surface area contributed by atoms with Crippen molar-refractivity contribution in [3.05, 3.63) is 11.7 Å². The van der Waals surface area contributed by atoms with Crippen LogP contribution in [0.3, 0.4) is 0 Å². The van der Waals surface area contributed by atoms with Crippen LogP contribution in [0.4, 0.5) is 35.1 Å². The number of alkyl halides is 6. The zero-order valence-electron chi connectivity index (χ0n) is 5.73. The molecular weight excluding hydrogens is 212 g/mol.